The zero-order valence-electron chi connectivity index (χ0n) is 15.1. The Morgan fingerprint density at radius 1 is 1.15 bits per heavy atom. The predicted molar refractivity (Wildman–Crippen MR) is 103 cm³/mol. The van der Waals surface area contributed by atoms with Gasteiger partial charge in [0.2, 0.25) is 0 Å². The highest BCUT2D eigenvalue weighted by atomic mass is 16.2. The third-order valence-corrected chi connectivity index (χ3v) is 5.79. The van der Waals surface area contributed by atoms with Gasteiger partial charge in [0.15, 0.2) is 0 Å². The Balaban J connectivity index is 1.39. The smallest absolute Gasteiger partial charge is 0.254 e. The number of benzene rings is 1. The Kier molecular flexibility index (Phi) is 3.65. The summed E-state index contributed by atoms with van der Waals surface area (Å²) in [6.45, 7) is 2.78. The van der Waals surface area contributed by atoms with Gasteiger partial charge in [-0.3, -0.25) is 4.79 Å². The van der Waals surface area contributed by atoms with E-state index in [1.54, 1.807) is 6.33 Å². The van der Waals surface area contributed by atoms with Crippen LogP contribution in [0.5, 0.6) is 0 Å². The zero-order chi connectivity index (χ0) is 18.4. The number of hydrogen-bond donors (Lipinski definition) is 2. The summed E-state index contributed by atoms with van der Waals surface area (Å²) in [6.07, 6.45) is 5.57. The molecule has 0 radical (unpaired) electrons. The largest absolute Gasteiger partial charge is 0.352 e. The number of piperazine rings is 1. The molecule has 0 bridgehead atoms. The maximum Gasteiger partial charge on any atom is 0.254 e. The van der Waals surface area contributed by atoms with E-state index >= 15 is 0 Å². The van der Waals surface area contributed by atoms with Crippen LogP contribution in [0.4, 0.5) is 5.82 Å². The van der Waals surface area contributed by atoms with E-state index in [9.17, 15) is 4.79 Å². The van der Waals surface area contributed by atoms with Crippen LogP contribution in [0.25, 0.3) is 11.0 Å². The lowest BCUT2D eigenvalue weighted by molar-refractivity contribution is 0.0624. The van der Waals surface area contributed by atoms with E-state index < -0.39 is 0 Å². The fourth-order valence-electron chi connectivity index (χ4n) is 4.10. The van der Waals surface area contributed by atoms with Crippen molar-refractivity contribution in [2.75, 3.05) is 24.5 Å². The first-order valence-corrected chi connectivity index (χ1v) is 9.34. The summed E-state index contributed by atoms with van der Waals surface area (Å²) in [6, 6.07) is 9.67. The average molecular weight is 362 g/mol. The molecule has 1 saturated carbocycles. The standard InChI is InChI=1S/C20H22N6O/c21-11-14-1-3-15(4-2-14)19(27)26-10-9-25(12-20(26)6-7-20)18-16-5-8-22-17(16)23-13-24-18/h1-5,8,13H,6-7,9-12,21H2,(H,22,23,24). The third-order valence-electron chi connectivity index (χ3n) is 5.79. The van der Waals surface area contributed by atoms with Crippen LogP contribution in [0.3, 0.4) is 0 Å². The molecule has 3 N–H and O–H groups in total. The first kappa shape index (κ1) is 16.3. The molecule has 5 rings (SSSR count). The summed E-state index contributed by atoms with van der Waals surface area (Å²) in [7, 11) is 0. The van der Waals surface area contributed by atoms with Crippen LogP contribution in [-0.2, 0) is 6.54 Å². The Morgan fingerprint density at radius 2 is 1.96 bits per heavy atom. The number of fused-ring (bicyclic) bond motifs is 1. The highest BCUT2D eigenvalue weighted by Crippen LogP contribution is 2.46. The molecule has 1 spiro atoms. The molecule has 7 nitrogen and oxygen atoms in total. The molecular weight excluding hydrogens is 340 g/mol. The van der Waals surface area contributed by atoms with E-state index in [2.05, 4.69) is 24.8 Å². The van der Waals surface area contributed by atoms with Crippen molar-refractivity contribution in [3.05, 3.63) is 54.0 Å². The van der Waals surface area contributed by atoms with E-state index in [1.807, 2.05) is 36.5 Å². The number of H-pyrrole nitrogens is 1. The van der Waals surface area contributed by atoms with Gasteiger partial charge in [0.25, 0.3) is 5.91 Å². The van der Waals surface area contributed by atoms with Crippen molar-refractivity contribution in [3.8, 4) is 0 Å². The number of aromatic amines is 1. The Hall–Kier alpha value is -2.93. The molecule has 2 fully saturated rings. The number of nitrogens with one attached hydrogen (secondary N) is 1. The Bertz CT molecular complexity index is 991. The summed E-state index contributed by atoms with van der Waals surface area (Å²) >= 11 is 0. The topological polar surface area (TPSA) is 91.1 Å². The van der Waals surface area contributed by atoms with Crippen molar-refractivity contribution in [3.63, 3.8) is 0 Å². The molecule has 3 aromatic rings. The SMILES string of the molecule is NCc1ccc(C(=O)N2CCN(c3ncnc4[nH]ccc34)CC23CC3)cc1. The zero-order valence-corrected chi connectivity index (χ0v) is 15.1. The first-order chi connectivity index (χ1) is 13.2. The highest BCUT2D eigenvalue weighted by molar-refractivity contribution is 5.95. The van der Waals surface area contributed by atoms with Crippen LogP contribution in [0.15, 0.2) is 42.9 Å². The minimum absolute atomic E-state index is 0.0740. The normalized spacial score (nSPS) is 18.3. The molecule has 138 valence electrons. The molecule has 0 unspecified atom stereocenters. The molecule has 1 aliphatic heterocycles. The van der Waals surface area contributed by atoms with E-state index in [-0.39, 0.29) is 11.4 Å². The van der Waals surface area contributed by atoms with Crippen molar-refractivity contribution in [1.29, 1.82) is 0 Å². The highest BCUT2D eigenvalue weighted by Gasteiger charge is 2.53. The second kappa shape index (κ2) is 6.06. The summed E-state index contributed by atoms with van der Waals surface area (Å²) in [5.41, 5.74) is 8.21. The number of amides is 1. The Morgan fingerprint density at radius 3 is 2.70 bits per heavy atom. The van der Waals surface area contributed by atoms with Gasteiger partial charge >= 0.3 is 0 Å². The number of nitrogens with two attached hydrogens (primary N) is 1. The second-order valence-electron chi connectivity index (χ2n) is 7.44. The lowest BCUT2D eigenvalue weighted by atomic mass is 10.1. The lowest BCUT2D eigenvalue weighted by Gasteiger charge is -2.43. The van der Waals surface area contributed by atoms with E-state index in [0.717, 1.165) is 53.9 Å². The molecule has 2 aliphatic rings. The van der Waals surface area contributed by atoms with Crippen molar-refractivity contribution in [2.24, 2.45) is 5.73 Å². The lowest BCUT2D eigenvalue weighted by Crippen LogP contribution is -2.57. The Labute approximate surface area is 157 Å². The van der Waals surface area contributed by atoms with Crippen LogP contribution in [0.2, 0.25) is 0 Å². The van der Waals surface area contributed by atoms with Crippen molar-refractivity contribution >= 4 is 22.8 Å². The molecule has 2 aromatic heterocycles. The van der Waals surface area contributed by atoms with Gasteiger partial charge in [-0.2, -0.15) is 0 Å². The number of rotatable bonds is 3. The molecule has 1 aliphatic carbocycles. The van der Waals surface area contributed by atoms with Crippen LogP contribution in [-0.4, -0.2) is 50.9 Å². The molecule has 3 heterocycles. The summed E-state index contributed by atoms with van der Waals surface area (Å²) in [5, 5.41) is 1.03. The summed E-state index contributed by atoms with van der Waals surface area (Å²) in [4.78, 5) is 29.4. The number of aromatic nitrogens is 3. The molecule has 1 amide bonds. The number of carbonyl (C=O) groups is 1. The van der Waals surface area contributed by atoms with Crippen LogP contribution >= 0.6 is 0 Å². The summed E-state index contributed by atoms with van der Waals surface area (Å²) in [5.74, 6) is 1.07. The van der Waals surface area contributed by atoms with Gasteiger partial charge in [0.1, 0.15) is 17.8 Å². The van der Waals surface area contributed by atoms with Crippen molar-refractivity contribution in [2.45, 2.75) is 24.9 Å². The quantitative estimate of drug-likeness (QED) is 0.743. The van der Waals surface area contributed by atoms with Gasteiger partial charge in [-0.25, -0.2) is 9.97 Å². The first-order valence-electron chi connectivity index (χ1n) is 9.34. The van der Waals surface area contributed by atoms with Gasteiger partial charge in [-0.05, 0) is 36.6 Å². The van der Waals surface area contributed by atoms with Gasteiger partial charge in [-0.15, -0.1) is 0 Å². The predicted octanol–water partition coefficient (Wildman–Crippen LogP) is 1.91. The van der Waals surface area contributed by atoms with E-state index in [1.165, 1.54) is 0 Å². The van der Waals surface area contributed by atoms with Gasteiger partial charge in [-0.1, -0.05) is 12.1 Å². The maximum absolute atomic E-state index is 13.1. The summed E-state index contributed by atoms with van der Waals surface area (Å²) < 4.78 is 0. The number of carbonyl (C=O) groups excluding carboxylic acids is 1. The van der Waals surface area contributed by atoms with Gasteiger partial charge < -0.3 is 20.5 Å². The number of hydrogen-bond acceptors (Lipinski definition) is 5. The van der Waals surface area contributed by atoms with E-state index in [0.29, 0.717) is 13.1 Å². The van der Waals surface area contributed by atoms with Crippen LogP contribution < -0.4 is 10.6 Å². The monoisotopic (exact) mass is 362 g/mol. The molecule has 7 heteroatoms. The van der Waals surface area contributed by atoms with Crippen LogP contribution in [0.1, 0.15) is 28.8 Å². The molecule has 0 atom stereocenters. The number of nitrogens with zero attached hydrogens (tertiary/aromatic N) is 4. The third kappa shape index (κ3) is 2.66. The van der Waals surface area contributed by atoms with Gasteiger partial charge in [0.05, 0.1) is 10.9 Å². The average Bonchev–Trinajstić information content (AvgIpc) is 3.29. The molecule has 1 aromatic carbocycles. The minimum atomic E-state index is -0.0740. The maximum atomic E-state index is 13.1. The molecule has 27 heavy (non-hydrogen) atoms. The van der Waals surface area contributed by atoms with Crippen molar-refractivity contribution in [1.82, 2.24) is 19.9 Å². The fourth-order valence-corrected chi connectivity index (χ4v) is 4.10. The fraction of sp³-hybridized carbons (Fsp3) is 0.350. The number of anilines is 1. The second-order valence-corrected chi connectivity index (χ2v) is 7.44. The van der Waals surface area contributed by atoms with E-state index in [4.69, 9.17) is 5.73 Å². The minimum Gasteiger partial charge on any atom is -0.352 e. The van der Waals surface area contributed by atoms with Crippen LogP contribution in [0, 0.1) is 0 Å². The molecule has 1 saturated heterocycles. The van der Waals surface area contributed by atoms with Gasteiger partial charge in [0, 0.05) is 37.9 Å². The van der Waals surface area contributed by atoms with Crippen molar-refractivity contribution < 1.29 is 4.79 Å². The molecular formula is C20H22N6O.